The molecule has 0 spiro atoms. The second-order valence-corrected chi connectivity index (χ2v) is 6.28. The lowest BCUT2D eigenvalue weighted by Gasteiger charge is -2.33. The third kappa shape index (κ3) is 4.52. The first-order chi connectivity index (χ1) is 10.8. The van der Waals surface area contributed by atoms with E-state index in [2.05, 4.69) is 15.2 Å². The molecule has 1 atom stereocenters. The van der Waals surface area contributed by atoms with Crippen LogP contribution in [-0.2, 0) is 16.0 Å². The minimum atomic E-state index is 0.0799. The molecule has 2 aliphatic rings. The van der Waals surface area contributed by atoms with Crippen molar-refractivity contribution in [2.45, 2.75) is 44.2 Å². The highest BCUT2D eigenvalue weighted by molar-refractivity contribution is 5.78. The van der Waals surface area contributed by atoms with Crippen LogP contribution in [0.3, 0.4) is 0 Å². The number of hydrogen-bond acceptors (Lipinski definition) is 4. The summed E-state index contributed by atoms with van der Waals surface area (Å²) in [5.41, 5.74) is 0.829. The molecule has 2 fully saturated rings. The standard InChI is InChI=1S/C17H25N3O2/c21-17(12-15-4-1-2-8-18-15)19-14-6-9-20(10-7-14)13-16-5-3-11-22-16/h1-2,4,8,14,16H,3,5-7,9-13H2,(H,19,21). The van der Waals surface area contributed by atoms with Gasteiger partial charge in [-0.3, -0.25) is 9.78 Å². The summed E-state index contributed by atoms with van der Waals surface area (Å²) >= 11 is 0. The van der Waals surface area contributed by atoms with Crippen LogP contribution in [0.15, 0.2) is 24.4 Å². The summed E-state index contributed by atoms with van der Waals surface area (Å²) in [5, 5.41) is 3.14. The van der Waals surface area contributed by atoms with E-state index in [1.807, 2.05) is 18.2 Å². The number of carbonyl (C=O) groups excluding carboxylic acids is 1. The Hall–Kier alpha value is -1.46. The summed E-state index contributed by atoms with van der Waals surface area (Å²) < 4.78 is 5.70. The molecule has 0 aliphatic carbocycles. The van der Waals surface area contributed by atoms with Crippen LogP contribution < -0.4 is 5.32 Å². The van der Waals surface area contributed by atoms with E-state index in [0.717, 1.165) is 44.8 Å². The highest BCUT2D eigenvalue weighted by atomic mass is 16.5. The molecule has 0 bridgehead atoms. The van der Waals surface area contributed by atoms with Crippen LogP contribution in [0, 0.1) is 0 Å². The van der Waals surface area contributed by atoms with E-state index >= 15 is 0 Å². The maximum atomic E-state index is 12.1. The lowest BCUT2D eigenvalue weighted by molar-refractivity contribution is -0.121. The number of piperidine rings is 1. The first-order valence-electron chi connectivity index (χ1n) is 8.33. The van der Waals surface area contributed by atoms with E-state index in [9.17, 15) is 4.79 Å². The number of likely N-dealkylation sites (tertiary alicyclic amines) is 1. The largest absolute Gasteiger partial charge is 0.377 e. The van der Waals surface area contributed by atoms with Gasteiger partial charge in [0.05, 0.1) is 12.5 Å². The second kappa shape index (κ2) is 7.70. The molecule has 0 radical (unpaired) electrons. The fourth-order valence-electron chi connectivity index (χ4n) is 3.28. The van der Waals surface area contributed by atoms with Crippen molar-refractivity contribution >= 4 is 5.91 Å². The van der Waals surface area contributed by atoms with Gasteiger partial charge in [0.1, 0.15) is 0 Å². The zero-order chi connectivity index (χ0) is 15.2. The maximum absolute atomic E-state index is 12.1. The van der Waals surface area contributed by atoms with Gasteiger partial charge in [0.25, 0.3) is 0 Å². The molecule has 1 amide bonds. The Morgan fingerprint density at radius 1 is 1.32 bits per heavy atom. The predicted octanol–water partition coefficient (Wildman–Crippen LogP) is 1.38. The summed E-state index contributed by atoms with van der Waals surface area (Å²) in [6.45, 7) is 4.07. The van der Waals surface area contributed by atoms with Gasteiger partial charge in [-0.25, -0.2) is 0 Å². The van der Waals surface area contributed by atoms with E-state index in [0.29, 0.717) is 18.6 Å². The van der Waals surface area contributed by atoms with Gasteiger partial charge >= 0.3 is 0 Å². The Morgan fingerprint density at radius 3 is 2.86 bits per heavy atom. The summed E-state index contributed by atoms with van der Waals surface area (Å²) in [4.78, 5) is 18.7. The zero-order valence-corrected chi connectivity index (χ0v) is 13.0. The lowest BCUT2D eigenvalue weighted by atomic mass is 10.0. The van der Waals surface area contributed by atoms with Gasteiger partial charge < -0.3 is 15.0 Å². The van der Waals surface area contributed by atoms with Crippen molar-refractivity contribution in [1.29, 1.82) is 0 Å². The number of aromatic nitrogens is 1. The van der Waals surface area contributed by atoms with Gasteiger partial charge in [-0.05, 0) is 37.8 Å². The summed E-state index contributed by atoms with van der Waals surface area (Å²) in [6.07, 6.45) is 6.98. The van der Waals surface area contributed by atoms with Gasteiger partial charge in [-0.1, -0.05) is 6.07 Å². The van der Waals surface area contributed by atoms with E-state index < -0.39 is 0 Å². The monoisotopic (exact) mass is 303 g/mol. The molecule has 2 saturated heterocycles. The van der Waals surface area contributed by atoms with Crippen molar-refractivity contribution in [3.05, 3.63) is 30.1 Å². The first-order valence-corrected chi connectivity index (χ1v) is 8.33. The molecular formula is C17H25N3O2. The maximum Gasteiger partial charge on any atom is 0.226 e. The minimum absolute atomic E-state index is 0.0799. The fraction of sp³-hybridized carbons (Fsp3) is 0.647. The van der Waals surface area contributed by atoms with E-state index in [-0.39, 0.29) is 5.91 Å². The van der Waals surface area contributed by atoms with Crippen molar-refractivity contribution < 1.29 is 9.53 Å². The predicted molar refractivity (Wildman–Crippen MR) is 84.5 cm³/mol. The van der Waals surface area contributed by atoms with Crippen molar-refractivity contribution in [2.75, 3.05) is 26.2 Å². The van der Waals surface area contributed by atoms with Crippen molar-refractivity contribution in [3.8, 4) is 0 Å². The van der Waals surface area contributed by atoms with Gasteiger partial charge in [0, 0.05) is 44.2 Å². The molecule has 3 heterocycles. The zero-order valence-electron chi connectivity index (χ0n) is 13.0. The molecule has 1 N–H and O–H groups in total. The van der Waals surface area contributed by atoms with Gasteiger partial charge in [0.2, 0.25) is 5.91 Å². The summed E-state index contributed by atoms with van der Waals surface area (Å²) in [7, 11) is 0. The van der Waals surface area contributed by atoms with Gasteiger partial charge in [-0.2, -0.15) is 0 Å². The number of ether oxygens (including phenoxy) is 1. The van der Waals surface area contributed by atoms with Gasteiger partial charge in [-0.15, -0.1) is 0 Å². The molecule has 0 saturated carbocycles. The Morgan fingerprint density at radius 2 is 2.18 bits per heavy atom. The highest BCUT2D eigenvalue weighted by Gasteiger charge is 2.24. The summed E-state index contributed by atoms with van der Waals surface area (Å²) in [5.74, 6) is 0.0799. The van der Waals surface area contributed by atoms with E-state index in [1.54, 1.807) is 6.20 Å². The van der Waals surface area contributed by atoms with Crippen LogP contribution in [0.1, 0.15) is 31.4 Å². The Labute approximate surface area is 132 Å². The van der Waals surface area contributed by atoms with Crippen LogP contribution in [0.4, 0.5) is 0 Å². The van der Waals surface area contributed by atoms with E-state index in [1.165, 1.54) is 12.8 Å². The molecule has 1 aromatic heterocycles. The number of carbonyl (C=O) groups is 1. The quantitative estimate of drug-likeness (QED) is 0.893. The number of pyridine rings is 1. The van der Waals surface area contributed by atoms with Crippen LogP contribution in [-0.4, -0.2) is 54.2 Å². The number of rotatable bonds is 5. The van der Waals surface area contributed by atoms with Crippen LogP contribution in [0.5, 0.6) is 0 Å². The SMILES string of the molecule is O=C(Cc1ccccn1)NC1CCN(CC2CCCO2)CC1. The number of nitrogens with zero attached hydrogens (tertiary/aromatic N) is 2. The average molecular weight is 303 g/mol. The third-order valence-electron chi connectivity index (χ3n) is 4.51. The minimum Gasteiger partial charge on any atom is -0.377 e. The lowest BCUT2D eigenvalue weighted by Crippen LogP contribution is -2.46. The second-order valence-electron chi connectivity index (χ2n) is 6.28. The van der Waals surface area contributed by atoms with Crippen LogP contribution >= 0.6 is 0 Å². The molecule has 0 aromatic carbocycles. The Kier molecular flexibility index (Phi) is 5.40. The van der Waals surface area contributed by atoms with Crippen molar-refractivity contribution in [3.63, 3.8) is 0 Å². The molecule has 22 heavy (non-hydrogen) atoms. The highest BCUT2D eigenvalue weighted by Crippen LogP contribution is 2.17. The van der Waals surface area contributed by atoms with Gasteiger partial charge in [0.15, 0.2) is 0 Å². The Bertz CT molecular complexity index is 466. The van der Waals surface area contributed by atoms with E-state index in [4.69, 9.17) is 4.74 Å². The molecular weight excluding hydrogens is 278 g/mol. The third-order valence-corrected chi connectivity index (χ3v) is 4.51. The first kappa shape index (κ1) is 15.4. The topological polar surface area (TPSA) is 54.5 Å². The molecule has 5 heteroatoms. The van der Waals surface area contributed by atoms with Crippen LogP contribution in [0.25, 0.3) is 0 Å². The molecule has 1 aromatic rings. The smallest absolute Gasteiger partial charge is 0.226 e. The number of nitrogens with one attached hydrogen (secondary N) is 1. The molecule has 120 valence electrons. The molecule has 1 unspecified atom stereocenters. The van der Waals surface area contributed by atoms with Crippen LogP contribution in [0.2, 0.25) is 0 Å². The average Bonchev–Trinajstić information content (AvgIpc) is 3.03. The normalized spacial score (nSPS) is 23.5. The van der Waals surface area contributed by atoms with Crippen molar-refractivity contribution in [1.82, 2.24) is 15.2 Å². The molecule has 3 rings (SSSR count). The molecule has 2 aliphatic heterocycles. The van der Waals surface area contributed by atoms with Crippen molar-refractivity contribution in [2.24, 2.45) is 0 Å². The number of amides is 1. The number of hydrogen-bond donors (Lipinski definition) is 1. The Balaban J connectivity index is 1.37. The molecule has 5 nitrogen and oxygen atoms in total. The summed E-state index contributed by atoms with van der Waals surface area (Å²) in [6, 6.07) is 5.98. The fourth-order valence-corrected chi connectivity index (χ4v) is 3.28.